The Balaban J connectivity index is 0.000000259. The number of para-hydroxylation sites is 2. The third-order valence-electron chi connectivity index (χ3n) is 6.92. The molecule has 5 aromatic rings. The highest BCUT2D eigenvalue weighted by Gasteiger charge is 2.18. The molecule has 0 saturated carbocycles. The SMILES string of the molecule is CCCCCCOc1ccc(-c2c3ccccc3[n+](C)c3ccccc23)cc1.Cc1ccc(O)cc1S(=O)(=O)[O-]. The lowest BCUT2D eigenvalue weighted by Gasteiger charge is -2.11. The summed E-state index contributed by atoms with van der Waals surface area (Å²) in [5, 5.41) is 11.4. The second-order valence-electron chi connectivity index (χ2n) is 9.81. The maximum Gasteiger partial charge on any atom is 0.213 e. The van der Waals surface area contributed by atoms with E-state index in [0.29, 0.717) is 5.56 Å². The van der Waals surface area contributed by atoms with Crippen LogP contribution in [0, 0.1) is 6.92 Å². The van der Waals surface area contributed by atoms with Crippen molar-refractivity contribution in [1.82, 2.24) is 0 Å². The molecule has 4 aromatic carbocycles. The fraction of sp³-hybridized carbons (Fsp3) is 0.242. The summed E-state index contributed by atoms with van der Waals surface area (Å²) in [6.07, 6.45) is 4.91. The van der Waals surface area contributed by atoms with Crippen LogP contribution in [0.5, 0.6) is 11.5 Å². The molecule has 0 unspecified atom stereocenters. The van der Waals surface area contributed by atoms with Crippen LogP contribution < -0.4 is 9.30 Å². The molecule has 0 aliphatic heterocycles. The van der Waals surface area contributed by atoms with Crippen molar-refractivity contribution < 1.29 is 27.4 Å². The van der Waals surface area contributed by atoms with E-state index in [1.54, 1.807) is 0 Å². The Hall–Kier alpha value is -3.94. The summed E-state index contributed by atoms with van der Waals surface area (Å²) in [6, 6.07) is 29.5. The molecule has 0 aliphatic rings. The Morgan fingerprint density at radius 1 is 0.825 bits per heavy atom. The van der Waals surface area contributed by atoms with E-state index < -0.39 is 10.1 Å². The summed E-state index contributed by atoms with van der Waals surface area (Å²) < 4.78 is 39.8. The van der Waals surface area contributed by atoms with Gasteiger partial charge in [0.2, 0.25) is 11.0 Å². The Labute approximate surface area is 236 Å². The van der Waals surface area contributed by atoms with Crippen LogP contribution >= 0.6 is 0 Å². The maximum absolute atomic E-state index is 10.5. The van der Waals surface area contributed by atoms with E-state index in [1.807, 2.05) is 0 Å². The molecule has 6 nitrogen and oxygen atoms in total. The smallest absolute Gasteiger partial charge is 0.213 e. The first-order valence-electron chi connectivity index (χ1n) is 13.5. The van der Waals surface area contributed by atoms with Crippen LogP contribution in [0.2, 0.25) is 0 Å². The van der Waals surface area contributed by atoms with Gasteiger partial charge < -0.3 is 14.4 Å². The molecule has 0 spiro atoms. The van der Waals surface area contributed by atoms with Crippen molar-refractivity contribution in [3.8, 4) is 22.6 Å². The van der Waals surface area contributed by atoms with E-state index in [-0.39, 0.29) is 10.6 Å². The van der Waals surface area contributed by atoms with Crippen molar-refractivity contribution in [2.75, 3.05) is 6.61 Å². The van der Waals surface area contributed by atoms with Crippen LogP contribution in [-0.2, 0) is 17.2 Å². The zero-order valence-electron chi connectivity index (χ0n) is 23.1. The molecule has 7 heteroatoms. The van der Waals surface area contributed by atoms with Crippen LogP contribution in [0.25, 0.3) is 32.9 Å². The van der Waals surface area contributed by atoms with E-state index in [4.69, 9.17) is 9.84 Å². The van der Waals surface area contributed by atoms with Gasteiger partial charge in [-0.05, 0) is 60.9 Å². The van der Waals surface area contributed by atoms with Crippen LogP contribution in [0.3, 0.4) is 0 Å². The van der Waals surface area contributed by atoms with Gasteiger partial charge in [-0.2, -0.15) is 4.57 Å². The minimum Gasteiger partial charge on any atom is -0.744 e. The number of aromatic hydroxyl groups is 1. The highest BCUT2D eigenvalue weighted by atomic mass is 32.2. The van der Waals surface area contributed by atoms with Gasteiger partial charge in [-0.25, -0.2) is 8.42 Å². The number of unbranched alkanes of at least 4 members (excludes halogenated alkanes) is 3. The van der Waals surface area contributed by atoms with Crippen LogP contribution in [0.15, 0.2) is 95.9 Å². The second kappa shape index (κ2) is 12.9. The van der Waals surface area contributed by atoms with E-state index in [2.05, 4.69) is 91.3 Å². The molecule has 0 amide bonds. The monoisotopic (exact) mass is 557 g/mol. The number of phenols is 1. The van der Waals surface area contributed by atoms with Crippen molar-refractivity contribution in [3.05, 3.63) is 96.6 Å². The fourth-order valence-electron chi connectivity index (χ4n) is 4.84. The average molecular weight is 558 g/mol. The number of hydrogen-bond donors (Lipinski definition) is 1. The number of aromatic nitrogens is 1. The van der Waals surface area contributed by atoms with Gasteiger partial charge in [0, 0.05) is 17.7 Å². The van der Waals surface area contributed by atoms with E-state index in [1.165, 1.54) is 71.3 Å². The molecule has 5 rings (SSSR count). The van der Waals surface area contributed by atoms with Gasteiger partial charge in [-0.3, -0.25) is 0 Å². The van der Waals surface area contributed by atoms with Crippen molar-refractivity contribution in [3.63, 3.8) is 0 Å². The number of rotatable bonds is 8. The third kappa shape index (κ3) is 6.79. The predicted molar refractivity (Wildman–Crippen MR) is 159 cm³/mol. The first-order valence-corrected chi connectivity index (χ1v) is 14.9. The Kier molecular flexibility index (Phi) is 9.40. The summed E-state index contributed by atoms with van der Waals surface area (Å²) >= 11 is 0. The topological polar surface area (TPSA) is 90.5 Å². The van der Waals surface area contributed by atoms with Gasteiger partial charge in [-0.1, -0.05) is 68.7 Å². The van der Waals surface area contributed by atoms with Crippen molar-refractivity contribution >= 4 is 31.9 Å². The van der Waals surface area contributed by atoms with Crippen LogP contribution in [-0.4, -0.2) is 24.7 Å². The maximum atomic E-state index is 10.5. The first-order chi connectivity index (χ1) is 19.2. The molecular weight excluding hydrogens is 522 g/mol. The number of hydrogen-bond acceptors (Lipinski definition) is 5. The summed E-state index contributed by atoms with van der Waals surface area (Å²) in [5.41, 5.74) is 5.34. The minimum atomic E-state index is -4.47. The van der Waals surface area contributed by atoms with Gasteiger partial charge in [0.05, 0.1) is 22.3 Å². The standard InChI is InChI=1S/C26H28NO.C7H8O4S/c1-3-4-5-10-19-28-21-17-15-20(16-18-21)26-22-11-6-8-13-24(22)27(2)25-14-9-7-12-23(25)26;1-5-2-3-6(8)4-7(5)12(9,10)11/h6-9,11-18H,3-5,10,19H2,1-2H3;2-4,8H,1H3,(H,9,10,11)/q+1;/p-1. The largest absolute Gasteiger partial charge is 0.744 e. The molecule has 1 N–H and O–H groups in total. The first kappa shape index (κ1) is 29.1. The van der Waals surface area contributed by atoms with Crippen molar-refractivity contribution in [2.24, 2.45) is 7.05 Å². The van der Waals surface area contributed by atoms with Crippen molar-refractivity contribution in [1.29, 1.82) is 0 Å². The van der Waals surface area contributed by atoms with Crippen LogP contribution in [0.4, 0.5) is 0 Å². The van der Waals surface area contributed by atoms with Crippen LogP contribution in [0.1, 0.15) is 38.2 Å². The molecule has 0 aliphatic carbocycles. The quantitative estimate of drug-likeness (QED) is 0.0956. The number of ether oxygens (including phenoxy) is 1. The minimum absolute atomic E-state index is 0.227. The molecular formula is C33H35NO5S. The van der Waals surface area contributed by atoms with Gasteiger partial charge in [0.1, 0.15) is 28.7 Å². The van der Waals surface area contributed by atoms with E-state index in [0.717, 1.165) is 24.8 Å². The molecule has 0 atom stereocenters. The van der Waals surface area contributed by atoms with E-state index >= 15 is 0 Å². The summed E-state index contributed by atoms with van der Waals surface area (Å²) in [7, 11) is -2.32. The highest BCUT2D eigenvalue weighted by Crippen LogP contribution is 2.34. The number of nitrogens with zero attached hydrogens (tertiary/aromatic N) is 1. The fourth-order valence-corrected chi connectivity index (χ4v) is 5.56. The Morgan fingerprint density at radius 3 is 1.98 bits per heavy atom. The molecule has 208 valence electrons. The predicted octanol–water partition coefficient (Wildman–Crippen LogP) is 7.05. The molecule has 0 saturated heterocycles. The summed E-state index contributed by atoms with van der Waals surface area (Å²) in [5.74, 6) is 0.727. The lowest BCUT2D eigenvalue weighted by Crippen LogP contribution is -2.30. The zero-order chi connectivity index (χ0) is 28.7. The van der Waals surface area contributed by atoms with Gasteiger partial charge in [0.15, 0.2) is 0 Å². The highest BCUT2D eigenvalue weighted by molar-refractivity contribution is 7.85. The lowest BCUT2D eigenvalue weighted by atomic mass is 9.96. The molecule has 1 heterocycles. The number of aryl methyl sites for hydroxylation is 2. The van der Waals surface area contributed by atoms with Gasteiger partial charge in [0.25, 0.3) is 0 Å². The normalized spacial score (nSPS) is 11.3. The molecule has 0 radical (unpaired) electrons. The summed E-state index contributed by atoms with van der Waals surface area (Å²) in [4.78, 5) is -0.373. The molecule has 40 heavy (non-hydrogen) atoms. The number of phenolic OH excluding ortho intramolecular Hbond substituents is 1. The third-order valence-corrected chi connectivity index (χ3v) is 7.90. The number of benzene rings is 4. The van der Waals surface area contributed by atoms with Gasteiger partial charge >= 0.3 is 0 Å². The van der Waals surface area contributed by atoms with Crippen molar-refractivity contribution in [2.45, 2.75) is 44.4 Å². The number of pyridine rings is 1. The Bertz CT molecular complexity index is 1660. The lowest BCUT2D eigenvalue weighted by molar-refractivity contribution is -0.617. The molecule has 1 aromatic heterocycles. The zero-order valence-corrected chi connectivity index (χ0v) is 23.9. The molecule has 0 fully saturated rings. The average Bonchev–Trinajstić information content (AvgIpc) is 2.95. The van der Waals surface area contributed by atoms with E-state index in [9.17, 15) is 13.0 Å². The summed E-state index contributed by atoms with van der Waals surface area (Å²) in [6.45, 7) is 4.52. The second-order valence-corrected chi connectivity index (χ2v) is 11.2. The van der Waals surface area contributed by atoms with Gasteiger partial charge in [-0.15, -0.1) is 0 Å². The number of fused-ring (bicyclic) bond motifs is 2. The Morgan fingerprint density at radius 2 is 1.43 bits per heavy atom. The molecule has 0 bridgehead atoms.